The summed E-state index contributed by atoms with van der Waals surface area (Å²) < 4.78 is 0. The molecule has 170 valence electrons. The van der Waals surface area contributed by atoms with Gasteiger partial charge < -0.3 is 21.3 Å². The number of hydrogen-bond acceptors (Lipinski definition) is 4. The Kier molecular flexibility index (Phi) is 10.8. The molecule has 2 aromatic rings. The highest BCUT2D eigenvalue weighted by atomic mass is 35.5. The maximum Gasteiger partial charge on any atom is 0.241 e. The molecule has 31 heavy (non-hydrogen) atoms. The van der Waals surface area contributed by atoms with Crippen LogP contribution in [0.1, 0.15) is 43.4 Å². The number of amides is 2. The maximum atomic E-state index is 12.4. The monoisotopic (exact) mass is 466 g/mol. The van der Waals surface area contributed by atoms with Crippen molar-refractivity contribution >= 4 is 48.0 Å². The fourth-order valence-electron chi connectivity index (χ4n) is 3.55. The second kappa shape index (κ2) is 12.5. The molecule has 2 amide bonds. The molecule has 0 saturated carbocycles. The number of nitrogens with one attached hydrogen (secondary N) is 2. The largest absolute Gasteiger partial charge is 0.371 e. The second-order valence-electron chi connectivity index (χ2n) is 7.79. The van der Waals surface area contributed by atoms with Gasteiger partial charge in [-0.1, -0.05) is 35.9 Å². The van der Waals surface area contributed by atoms with Crippen molar-refractivity contribution in [3.63, 3.8) is 0 Å². The predicted molar refractivity (Wildman–Crippen MR) is 131 cm³/mol. The molecule has 4 N–H and O–H groups in total. The average molecular weight is 467 g/mol. The van der Waals surface area contributed by atoms with Crippen LogP contribution in [0.5, 0.6) is 0 Å². The van der Waals surface area contributed by atoms with Crippen LogP contribution in [-0.4, -0.2) is 30.9 Å². The highest BCUT2D eigenvalue weighted by Gasteiger charge is 2.19. The summed E-state index contributed by atoms with van der Waals surface area (Å²) in [6, 6.07) is 14.4. The van der Waals surface area contributed by atoms with E-state index in [0.29, 0.717) is 0 Å². The molecule has 0 spiro atoms. The topological polar surface area (TPSA) is 87.5 Å². The summed E-state index contributed by atoms with van der Waals surface area (Å²) in [6.07, 6.45) is 2.59. The lowest BCUT2D eigenvalue weighted by atomic mass is 10.0. The number of carbonyl (C=O) groups excluding carboxylic acids is 2. The number of anilines is 2. The van der Waals surface area contributed by atoms with Gasteiger partial charge in [-0.2, -0.15) is 0 Å². The molecule has 2 atom stereocenters. The SMILES string of the molecule is Cc1ccc(C(N)C(=O)NC(C)CC(=O)Nc2cccc(N3CCCC3)c2)cc1.Cl.Cl. The lowest BCUT2D eigenvalue weighted by Gasteiger charge is -2.19. The van der Waals surface area contributed by atoms with E-state index in [1.54, 1.807) is 6.92 Å². The quantitative estimate of drug-likeness (QED) is 0.575. The first kappa shape index (κ1) is 26.8. The van der Waals surface area contributed by atoms with Crippen LogP contribution >= 0.6 is 24.8 Å². The van der Waals surface area contributed by atoms with E-state index in [0.717, 1.165) is 35.6 Å². The van der Waals surface area contributed by atoms with Crippen molar-refractivity contribution in [1.82, 2.24) is 5.32 Å². The zero-order chi connectivity index (χ0) is 20.8. The summed E-state index contributed by atoms with van der Waals surface area (Å²) in [7, 11) is 0. The minimum atomic E-state index is -0.752. The third kappa shape index (κ3) is 7.73. The highest BCUT2D eigenvalue weighted by molar-refractivity contribution is 5.92. The lowest BCUT2D eigenvalue weighted by molar-refractivity contribution is -0.123. The number of nitrogens with zero attached hydrogens (tertiary/aromatic N) is 1. The number of benzene rings is 2. The molecule has 1 aliphatic rings. The van der Waals surface area contributed by atoms with E-state index in [1.165, 1.54) is 12.8 Å². The van der Waals surface area contributed by atoms with Crippen LogP contribution in [0.3, 0.4) is 0 Å². The number of aryl methyl sites for hydroxylation is 1. The molecule has 2 unspecified atom stereocenters. The fraction of sp³-hybridized carbons (Fsp3) is 0.391. The van der Waals surface area contributed by atoms with Crippen molar-refractivity contribution < 1.29 is 9.59 Å². The molecular formula is C23H32Cl2N4O2. The molecule has 0 radical (unpaired) electrons. The summed E-state index contributed by atoms with van der Waals surface area (Å²) in [6.45, 7) is 5.90. The summed E-state index contributed by atoms with van der Waals surface area (Å²) in [5.74, 6) is -0.425. The maximum absolute atomic E-state index is 12.4. The molecule has 1 saturated heterocycles. The van der Waals surface area contributed by atoms with Crippen LogP contribution in [0.25, 0.3) is 0 Å². The minimum Gasteiger partial charge on any atom is -0.371 e. The van der Waals surface area contributed by atoms with Gasteiger partial charge in [0.25, 0.3) is 0 Å². The lowest BCUT2D eigenvalue weighted by Crippen LogP contribution is -2.41. The molecule has 1 heterocycles. The van der Waals surface area contributed by atoms with Crippen molar-refractivity contribution in [3.8, 4) is 0 Å². The summed E-state index contributed by atoms with van der Waals surface area (Å²) in [4.78, 5) is 27.1. The van der Waals surface area contributed by atoms with Gasteiger partial charge in [0.15, 0.2) is 0 Å². The van der Waals surface area contributed by atoms with Gasteiger partial charge in [-0.15, -0.1) is 24.8 Å². The number of rotatable bonds is 7. The van der Waals surface area contributed by atoms with Crippen molar-refractivity contribution in [2.24, 2.45) is 5.73 Å². The second-order valence-corrected chi connectivity index (χ2v) is 7.79. The zero-order valence-corrected chi connectivity index (χ0v) is 19.6. The van der Waals surface area contributed by atoms with Crippen molar-refractivity contribution in [2.75, 3.05) is 23.3 Å². The van der Waals surface area contributed by atoms with Gasteiger partial charge >= 0.3 is 0 Å². The normalized spacial score (nSPS) is 14.6. The van der Waals surface area contributed by atoms with Crippen LogP contribution in [-0.2, 0) is 9.59 Å². The standard InChI is InChI=1S/C23H30N4O2.2ClH/c1-16-8-10-18(11-9-16)22(24)23(29)25-17(2)14-21(28)26-19-6-5-7-20(15-19)27-12-3-4-13-27;;/h5-11,15,17,22H,3-4,12-14,24H2,1-2H3,(H,25,29)(H,26,28);2*1H. The third-order valence-electron chi connectivity index (χ3n) is 5.20. The zero-order valence-electron chi connectivity index (χ0n) is 18.0. The van der Waals surface area contributed by atoms with Crippen molar-refractivity contribution in [1.29, 1.82) is 0 Å². The summed E-state index contributed by atoms with van der Waals surface area (Å²) in [5.41, 5.74) is 9.82. The number of nitrogens with two attached hydrogens (primary N) is 1. The summed E-state index contributed by atoms with van der Waals surface area (Å²) >= 11 is 0. The fourth-order valence-corrected chi connectivity index (χ4v) is 3.55. The van der Waals surface area contributed by atoms with Crippen molar-refractivity contribution in [2.45, 2.75) is 45.2 Å². The van der Waals surface area contributed by atoms with Gasteiger partial charge in [-0.25, -0.2) is 0 Å². The van der Waals surface area contributed by atoms with E-state index in [1.807, 2.05) is 49.4 Å². The Morgan fingerprint density at radius 3 is 2.35 bits per heavy atom. The molecule has 8 heteroatoms. The van der Waals surface area contributed by atoms with Crippen LogP contribution in [0.2, 0.25) is 0 Å². The van der Waals surface area contributed by atoms with Gasteiger partial charge in [0, 0.05) is 36.9 Å². The van der Waals surface area contributed by atoms with E-state index in [4.69, 9.17) is 5.73 Å². The third-order valence-corrected chi connectivity index (χ3v) is 5.20. The molecule has 1 fully saturated rings. The Bertz CT molecular complexity index is 855. The van der Waals surface area contributed by atoms with Crippen LogP contribution < -0.4 is 21.3 Å². The minimum absolute atomic E-state index is 0. The van der Waals surface area contributed by atoms with Gasteiger partial charge in [0.2, 0.25) is 11.8 Å². The van der Waals surface area contributed by atoms with E-state index < -0.39 is 6.04 Å². The van der Waals surface area contributed by atoms with Gasteiger partial charge in [0.1, 0.15) is 6.04 Å². The molecule has 6 nitrogen and oxygen atoms in total. The number of hydrogen-bond donors (Lipinski definition) is 3. The molecule has 3 rings (SSSR count). The number of carbonyl (C=O) groups is 2. The van der Waals surface area contributed by atoms with Crippen LogP contribution in [0.4, 0.5) is 11.4 Å². The first-order valence-electron chi connectivity index (χ1n) is 10.2. The van der Waals surface area contributed by atoms with Gasteiger partial charge in [0.05, 0.1) is 0 Å². The smallest absolute Gasteiger partial charge is 0.241 e. The molecular weight excluding hydrogens is 435 g/mol. The Balaban J connectivity index is 0.00000240. The predicted octanol–water partition coefficient (Wildman–Crippen LogP) is 3.97. The molecule has 0 aliphatic carbocycles. The first-order valence-corrected chi connectivity index (χ1v) is 10.2. The van der Waals surface area contributed by atoms with Crippen molar-refractivity contribution in [3.05, 3.63) is 59.7 Å². The Labute approximate surface area is 196 Å². The van der Waals surface area contributed by atoms with E-state index >= 15 is 0 Å². The van der Waals surface area contributed by atoms with Gasteiger partial charge in [-0.05, 0) is 50.5 Å². The summed E-state index contributed by atoms with van der Waals surface area (Å²) in [5, 5.41) is 5.76. The molecule has 0 bridgehead atoms. The average Bonchev–Trinajstić information content (AvgIpc) is 3.23. The van der Waals surface area contributed by atoms with Crippen LogP contribution in [0.15, 0.2) is 48.5 Å². The Morgan fingerprint density at radius 2 is 1.71 bits per heavy atom. The Hall–Kier alpha value is -2.28. The van der Waals surface area contributed by atoms with Gasteiger partial charge in [-0.3, -0.25) is 9.59 Å². The van der Waals surface area contributed by atoms with E-state index in [-0.39, 0.29) is 49.1 Å². The first-order chi connectivity index (χ1) is 13.9. The van der Waals surface area contributed by atoms with E-state index in [9.17, 15) is 9.59 Å². The van der Waals surface area contributed by atoms with E-state index in [2.05, 4.69) is 21.6 Å². The molecule has 0 aromatic heterocycles. The van der Waals surface area contributed by atoms with Crippen LogP contribution in [0, 0.1) is 6.92 Å². The number of halogens is 2. The molecule has 1 aliphatic heterocycles. The molecule has 2 aromatic carbocycles. The Morgan fingerprint density at radius 1 is 1.06 bits per heavy atom. The highest BCUT2D eigenvalue weighted by Crippen LogP contribution is 2.23.